The van der Waals surface area contributed by atoms with Gasteiger partial charge in [0.2, 0.25) is 12.2 Å². The first-order valence-corrected chi connectivity index (χ1v) is 15.4. The molecule has 1 fully saturated rings. The molecule has 1 saturated carbocycles. The Hall–Kier alpha value is -3.31. The van der Waals surface area contributed by atoms with E-state index in [-0.39, 0.29) is 24.2 Å². The van der Waals surface area contributed by atoms with Gasteiger partial charge in [-0.25, -0.2) is 0 Å². The second kappa shape index (κ2) is 17.9. The monoisotopic (exact) mass is 640 g/mol. The summed E-state index contributed by atoms with van der Waals surface area (Å²) in [5.74, 6) is 0.525. The molecule has 2 aromatic carbocycles. The highest BCUT2D eigenvalue weighted by molar-refractivity contribution is 6.30. The predicted octanol–water partition coefficient (Wildman–Crippen LogP) is 6.65. The summed E-state index contributed by atoms with van der Waals surface area (Å²) in [5.41, 5.74) is 2.52. The lowest BCUT2D eigenvalue weighted by atomic mass is 9.93. The van der Waals surface area contributed by atoms with Gasteiger partial charge < -0.3 is 24.8 Å². The van der Waals surface area contributed by atoms with Crippen molar-refractivity contribution in [2.45, 2.75) is 82.8 Å². The predicted molar refractivity (Wildman–Crippen MR) is 161 cm³/mol. The molecule has 2 aliphatic rings. The molecule has 0 aromatic heterocycles. The summed E-state index contributed by atoms with van der Waals surface area (Å²) >= 11 is 5.94. The number of alkyl halides is 3. The standard InChI is InChI=1S/C30H39ClN2O5.C2HF3O/c31-24-13-10-22(11-14-24)16-19-37-20-17-28(36)33(25-8-4-1-5-9-25)18-6-2-3-7-23-12-15-26(34)29-30(23)38-21-27(35)32-29;3-2(4,5)1-6/h10-15,25,34H,1-9,16-21H2,(H,32,35);1H. The minimum Gasteiger partial charge on any atom is -0.506 e. The number of carbonyl (C=O) groups is 3. The molecule has 2 aromatic rings. The van der Waals surface area contributed by atoms with Gasteiger partial charge in [-0.1, -0.05) is 55.5 Å². The van der Waals surface area contributed by atoms with Crippen LogP contribution in [0.4, 0.5) is 18.9 Å². The van der Waals surface area contributed by atoms with Crippen molar-refractivity contribution >= 4 is 35.4 Å². The van der Waals surface area contributed by atoms with Crippen LogP contribution in [0.1, 0.15) is 68.9 Å². The Labute approximate surface area is 260 Å². The summed E-state index contributed by atoms with van der Waals surface area (Å²) < 4.78 is 42.6. The Balaban J connectivity index is 0.000000801. The number of hydrogen-bond donors (Lipinski definition) is 2. The average Bonchev–Trinajstić information content (AvgIpc) is 3.01. The number of rotatable bonds is 13. The van der Waals surface area contributed by atoms with E-state index in [1.807, 2.05) is 30.3 Å². The third-order valence-corrected chi connectivity index (χ3v) is 7.80. The molecular formula is C32H40ClF3N2O6. The molecule has 0 saturated heterocycles. The van der Waals surface area contributed by atoms with Gasteiger partial charge in [-0.2, -0.15) is 13.2 Å². The molecule has 2 amide bonds. The molecule has 0 radical (unpaired) electrons. The topological polar surface area (TPSA) is 105 Å². The van der Waals surface area contributed by atoms with Gasteiger partial charge >= 0.3 is 6.18 Å². The van der Waals surface area contributed by atoms with Crippen LogP contribution in [0.25, 0.3) is 0 Å². The first-order valence-electron chi connectivity index (χ1n) is 15.0. The zero-order chi connectivity index (χ0) is 32.0. The van der Waals surface area contributed by atoms with Crippen LogP contribution in [0, 0.1) is 0 Å². The summed E-state index contributed by atoms with van der Waals surface area (Å²) in [7, 11) is 0. The molecule has 0 unspecified atom stereocenters. The van der Waals surface area contributed by atoms with Crippen LogP contribution < -0.4 is 10.1 Å². The van der Waals surface area contributed by atoms with Gasteiger partial charge in [-0.3, -0.25) is 14.4 Å². The lowest BCUT2D eigenvalue weighted by Gasteiger charge is -2.34. The maximum atomic E-state index is 13.2. The molecule has 0 bridgehead atoms. The van der Waals surface area contributed by atoms with Gasteiger partial charge in [0.05, 0.1) is 19.6 Å². The lowest BCUT2D eigenvalue weighted by molar-refractivity contribution is -0.156. The molecular weight excluding hydrogens is 601 g/mol. The van der Waals surface area contributed by atoms with E-state index in [9.17, 15) is 27.9 Å². The smallest absolute Gasteiger partial charge is 0.446 e. The van der Waals surface area contributed by atoms with Gasteiger partial charge in [-0.05, 0) is 67.9 Å². The average molecular weight is 641 g/mol. The first kappa shape index (κ1) is 35.2. The number of aryl methyl sites for hydroxylation is 1. The number of fused-ring (bicyclic) bond motifs is 1. The number of phenolic OH excluding ortho intramolecular Hbond substituents is 1. The maximum absolute atomic E-state index is 13.2. The third kappa shape index (κ3) is 12.0. The summed E-state index contributed by atoms with van der Waals surface area (Å²) in [6, 6.07) is 11.6. The fourth-order valence-corrected chi connectivity index (χ4v) is 5.46. The van der Waals surface area contributed by atoms with Crippen molar-refractivity contribution in [1.82, 2.24) is 4.90 Å². The molecule has 4 rings (SSSR count). The van der Waals surface area contributed by atoms with Crippen LogP contribution in [0.3, 0.4) is 0 Å². The van der Waals surface area contributed by atoms with Crippen LogP contribution >= 0.6 is 11.6 Å². The quantitative estimate of drug-likeness (QED) is 0.144. The summed E-state index contributed by atoms with van der Waals surface area (Å²) in [6.07, 6.45) is 4.98. The maximum Gasteiger partial charge on any atom is 0.446 e. The normalized spacial score (nSPS) is 14.9. The summed E-state index contributed by atoms with van der Waals surface area (Å²) in [5, 5.41) is 13.5. The van der Waals surface area contributed by atoms with Crippen molar-refractivity contribution in [3.63, 3.8) is 0 Å². The number of amides is 2. The van der Waals surface area contributed by atoms with Crippen molar-refractivity contribution in [1.29, 1.82) is 0 Å². The van der Waals surface area contributed by atoms with Gasteiger partial charge in [-0.15, -0.1) is 0 Å². The van der Waals surface area contributed by atoms with E-state index in [0.29, 0.717) is 37.1 Å². The highest BCUT2D eigenvalue weighted by Crippen LogP contribution is 2.39. The molecule has 1 heterocycles. The number of nitrogens with zero attached hydrogens (tertiary/aromatic N) is 1. The van der Waals surface area contributed by atoms with Crippen LogP contribution in [-0.4, -0.2) is 66.7 Å². The molecule has 44 heavy (non-hydrogen) atoms. The van der Waals surface area contributed by atoms with E-state index in [1.165, 1.54) is 24.8 Å². The van der Waals surface area contributed by atoms with E-state index in [4.69, 9.17) is 25.9 Å². The number of unbranched alkanes of at least 4 members (excludes halogenated alkanes) is 2. The zero-order valence-corrected chi connectivity index (χ0v) is 25.4. The van der Waals surface area contributed by atoms with E-state index in [1.54, 1.807) is 6.07 Å². The third-order valence-electron chi connectivity index (χ3n) is 7.55. The minimum atomic E-state index is -4.64. The molecule has 1 aliphatic heterocycles. The number of nitrogens with one attached hydrogen (secondary N) is 1. The van der Waals surface area contributed by atoms with Crippen LogP contribution in [0.15, 0.2) is 36.4 Å². The molecule has 8 nitrogen and oxygen atoms in total. The van der Waals surface area contributed by atoms with E-state index >= 15 is 0 Å². The summed E-state index contributed by atoms with van der Waals surface area (Å²) in [4.78, 5) is 35.6. The Morgan fingerprint density at radius 2 is 1.75 bits per heavy atom. The number of aldehydes is 1. The second-order valence-electron chi connectivity index (χ2n) is 10.9. The van der Waals surface area contributed by atoms with E-state index < -0.39 is 12.5 Å². The van der Waals surface area contributed by atoms with Crippen molar-refractivity contribution in [3.05, 3.63) is 52.5 Å². The Bertz CT molecular complexity index is 1220. The number of hydrogen-bond acceptors (Lipinski definition) is 6. The molecule has 2 N–H and O–H groups in total. The number of anilines is 1. The van der Waals surface area contributed by atoms with Crippen molar-refractivity contribution in [2.24, 2.45) is 0 Å². The van der Waals surface area contributed by atoms with Crippen LogP contribution in [0.2, 0.25) is 5.02 Å². The van der Waals surface area contributed by atoms with Gasteiger partial charge in [0, 0.05) is 17.6 Å². The van der Waals surface area contributed by atoms with Crippen molar-refractivity contribution in [2.75, 3.05) is 31.7 Å². The van der Waals surface area contributed by atoms with Crippen LogP contribution in [0.5, 0.6) is 11.5 Å². The number of benzene rings is 2. The van der Waals surface area contributed by atoms with E-state index in [0.717, 1.165) is 62.1 Å². The lowest BCUT2D eigenvalue weighted by Crippen LogP contribution is -2.42. The Kier molecular flexibility index (Phi) is 14.3. The molecule has 242 valence electrons. The molecule has 0 spiro atoms. The Morgan fingerprint density at radius 1 is 1.05 bits per heavy atom. The molecule has 0 atom stereocenters. The highest BCUT2D eigenvalue weighted by Gasteiger charge is 2.26. The zero-order valence-electron chi connectivity index (χ0n) is 24.7. The van der Waals surface area contributed by atoms with Crippen molar-refractivity contribution in [3.8, 4) is 11.5 Å². The van der Waals surface area contributed by atoms with Crippen molar-refractivity contribution < 1.29 is 42.1 Å². The first-order chi connectivity index (χ1) is 21.1. The number of phenols is 1. The van der Waals surface area contributed by atoms with Crippen LogP contribution in [-0.2, 0) is 32.0 Å². The van der Waals surface area contributed by atoms with Gasteiger partial charge in [0.1, 0.15) is 11.4 Å². The fraction of sp³-hybridized carbons (Fsp3) is 0.531. The fourth-order valence-electron chi connectivity index (χ4n) is 5.34. The number of ether oxygens (including phenoxy) is 2. The summed E-state index contributed by atoms with van der Waals surface area (Å²) in [6.45, 7) is 1.77. The molecule has 12 heteroatoms. The van der Waals surface area contributed by atoms with Gasteiger partial charge in [0.25, 0.3) is 5.91 Å². The second-order valence-corrected chi connectivity index (χ2v) is 11.3. The number of halogens is 4. The Morgan fingerprint density at radius 3 is 2.43 bits per heavy atom. The van der Waals surface area contributed by atoms with Gasteiger partial charge in [0.15, 0.2) is 12.4 Å². The number of carbonyl (C=O) groups excluding carboxylic acids is 3. The largest absolute Gasteiger partial charge is 0.506 e. The van der Waals surface area contributed by atoms with E-state index in [2.05, 4.69) is 10.2 Å². The minimum absolute atomic E-state index is 0.0207. The molecule has 1 aliphatic carbocycles. The number of aromatic hydroxyl groups is 1. The SMILES string of the molecule is O=C1COc2c(CCCCCN(C(=O)CCOCCc3ccc(Cl)cc3)C3CCCCC3)ccc(O)c2N1.O=CC(F)(F)F. The highest BCUT2D eigenvalue weighted by atomic mass is 35.5.